The highest BCUT2D eigenvalue weighted by Crippen LogP contribution is 2.29. The van der Waals surface area contributed by atoms with Crippen LogP contribution in [0.25, 0.3) is 0 Å². The van der Waals surface area contributed by atoms with Gasteiger partial charge in [0.1, 0.15) is 0 Å². The second-order valence-electron chi connectivity index (χ2n) is 4.01. The summed E-state index contributed by atoms with van der Waals surface area (Å²) in [5.41, 5.74) is -4.36. The summed E-state index contributed by atoms with van der Waals surface area (Å²) < 4.78 is 35.3. The molecule has 0 aromatic heterocycles. The van der Waals surface area contributed by atoms with E-state index in [0.29, 0.717) is 0 Å². The lowest BCUT2D eigenvalue weighted by Crippen LogP contribution is -2.41. The molecule has 0 aliphatic carbocycles. The fourth-order valence-electron chi connectivity index (χ4n) is 1.24. The minimum absolute atomic E-state index is 0.156. The van der Waals surface area contributed by atoms with Gasteiger partial charge in [-0.1, -0.05) is 6.92 Å². The van der Waals surface area contributed by atoms with Gasteiger partial charge in [-0.3, -0.25) is 14.9 Å². The number of carboxylic acids is 1. The lowest BCUT2D eigenvalue weighted by molar-refractivity contribution is -0.138. The number of carboxylic acid groups (broad SMARTS) is 1. The molecule has 1 atom stereocenters. The third-order valence-electron chi connectivity index (χ3n) is 1.96. The smallest absolute Gasteiger partial charge is 0.441 e. The number of aliphatic carboxylic acids is 1. The van der Waals surface area contributed by atoms with Crippen LogP contribution in [0.2, 0.25) is 0 Å². The van der Waals surface area contributed by atoms with Gasteiger partial charge in [0, 0.05) is 25.1 Å². The summed E-state index contributed by atoms with van der Waals surface area (Å²) in [5, 5.41) is 12.5. The second kappa shape index (κ2) is 8.67. The molecule has 3 N–H and O–H groups in total. The van der Waals surface area contributed by atoms with Crippen LogP contribution in [0, 0.1) is 5.92 Å². The lowest BCUT2D eigenvalue weighted by Gasteiger charge is -2.10. The molecule has 0 rings (SSSR count). The van der Waals surface area contributed by atoms with Crippen LogP contribution in [0.3, 0.4) is 0 Å². The molecule has 0 aromatic carbocycles. The van der Waals surface area contributed by atoms with Crippen LogP contribution in [0.15, 0.2) is 0 Å². The van der Waals surface area contributed by atoms with Crippen molar-refractivity contribution in [2.24, 2.45) is 5.92 Å². The molecule has 0 spiro atoms. The zero-order valence-corrected chi connectivity index (χ0v) is 11.4. The fraction of sp³-hybridized carbons (Fsp3) is 0.700. The molecule has 0 radical (unpaired) electrons. The lowest BCUT2D eigenvalue weighted by atomic mass is 10.0. The van der Waals surface area contributed by atoms with Crippen LogP contribution in [0.1, 0.15) is 19.8 Å². The number of imide groups is 1. The summed E-state index contributed by atoms with van der Waals surface area (Å²) in [4.78, 5) is 32.8. The molecule has 1 unspecified atom stereocenters. The molecular formula is C10H15F3N2O4S. The predicted molar refractivity (Wildman–Crippen MR) is 66.1 cm³/mol. The Morgan fingerprint density at radius 2 is 1.85 bits per heavy atom. The number of alkyl halides is 3. The minimum Gasteiger partial charge on any atom is -0.481 e. The van der Waals surface area contributed by atoms with E-state index in [1.54, 1.807) is 0 Å². The highest BCUT2D eigenvalue weighted by Gasteiger charge is 2.27. The topological polar surface area (TPSA) is 95.5 Å². The van der Waals surface area contributed by atoms with Crippen LogP contribution in [-0.4, -0.2) is 40.8 Å². The number of nitrogens with one attached hydrogen (secondary N) is 2. The second-order valence-corrected chi connectivity index (χ2v) is 5.17. The van der Waals surface area contributed by atoms with E-state index >= 15 is 0 Å². The van der Waals surface area contributed by atoms with E-state index in [9.17, 15) is 27.6 Å². The van der Waals surface area contributed by atoms with Gasteiger partial charge < -0.3 is 10.4 Å². The van der Waals surface area contributed by atoms with Crippen molar-refractivity contribution in [3.05, 3.63) is 0 Å². The first kappa shape index (κ1) is 18.6. The molecule has 0 aromatic rings. The van der Waals surface area contributed by atoms with Gasteiger partial charge >= 0.3 is 17.5 Å². The molecular weight excluding hydrogens is 301 g/mol. The predicted octanol–water partition coefficient (Wildman–Crippen LogP) is 1.57. The molecule has 0 fully saturated rings. The Bertz CT molecular complexity index is 363. The van der Waals surface area contributed by atoms with Crippen LogP contribution in [0.4, 0.5) is 18.0 Å². The van der Waals surface area contributed by atoms with E-state index in [4.69, 9.17) is 5.11 Å². The average Bonchev–Trinajstić information content (AvgIpc) is 2.21. The highest BCUT2D eigenvalue weighted by molar-refractivity contribution is 8.00. The van der Waals surface area contributed by atoms with E-state index in [-0.39, 0.29) is 36.9 Å². The number of thioether (sulfide) groups is 1. The summed E-state index contributed by atoms with van der Waals surface area (Å²) in [6, 6.07) is -0.903. The third kappa shape index (κ3) is 11.6. The Balaban J connectivity index is 3.80. The minimum atomic E-state index is -4.36. The normalized spacial score (nSPS) is 12.6. The summed E-state index contributed by atoms with van der Waals surface area (Å²) in [6.45, 7) is 1.29. The molecule has 0 saturated heterocycles. The van der Waals surface area contributed by atoms with E-state index in [2.05, 4.69) is 5.32 Å². The summed E-state index contributed by atoms with van der Waals surface area (Å²) in [6.07, 6.45) is -0.367. The molecule has 0 bridgehead atoms. The SMILES string of the molecule is CC(CC(=O)O)CC(=O)NC(=O)NCCSC(F)(F)F. The first-order valence-electron chi connectivity index (χ1n) is 5.60. The maximum Gasteiger partial charge on any atom is 0.441 e. The number of hydrogen-bond acceptors (Lipinski definition) is 4. The third-order valence-corrected chi connectivity index (χ3v) is 2.70. The molecule has 0 aliphatic rings. The van der Waals surface area contributed by atoms with Crippen LogP contribution in [0.5, 0.6) is 0 Å². The first-order valence-corrected chi connectivity index (χ1v) is 6.59. The first-order chi connectivity index (χ1) is 9.10. The zero-order valence-electron chi connectivity index (χ0n) is 10.6. The number of hydrogen-bond donors (Lipinski definition) is 3. The molecule has 0 heterocycles. The van der Waals surface area contributed by atoms with Crippen molar-refractivity contribution in [2.45, 2.75) is 25.3 Å². The number of carbonyl (C=O) groups is 3. The zero-order chi connectivity index (χ0) is 15.8. The number of halogens is 3. The molecule has 116 valence electrons. The number of rotatable bonds is 7. The van der Waals surface area contributed by atoms with Crippen molar-refractivity contribution in [2.75, 3.05) is 12.3 Å². The van der Waals surface area contributed by atoms with Crippen molar-refractivity contribution < 1.29 is 32.7 Å². The van der Waals surface area contributed by atoms with Gasteiger partial charge in [0.25, 0.3) is 0 Å². The standard InChI is InChI=1S/C10H15F3N2O4S/c1-6(5-8(17)18)4-7(16)15-9(19)14-2-3-20-10(11,12)13/h6H,2-5H2,1H3,(H,17,18)(H2,14,15,16,19). The van der Waals surface area contributed by atoms with E-state index in [1.807, 2.05) is 5.32 Å². The summed E-state index contributed by atoms with van der Waals surface area (Å²) in [5.74, 6) is -2.54. The summed E-state index contributed by atoms with van der Waals surface area (Å²) >= 11 is -0.281. The molecule has 10 heteroatoms. The number of urea groups is 1. The average molecular weight is 316 g/mol. The molecule has 0 saturated carbocycles. The van der Waals surface area contributed by atoms with Gasteiger partial charge in [-0.15, -0.1) is 0 Å². The molecule has 6 nitrogen and oxygen atoms in total. The number of carbonyl (C=O) groups excluding carboxylic acids is 2. The quantitative estimate of drug-likeness (QED) is 0.620. The Kier molecular flexibility index (Phi) is 8.04. The Labute approximate surface area is 117 Å². The summed E-state index contributed by atoms with van der Waals surface area (Å²) in [7, 11) is 0. The van der Waals surface area contributed by atoms with Gasteiger partial charge in [-0.05, 0) is 17.7 Å². The van der Waals surface area contributed by atoms with E-state index < -0.39 is 29.3 Å². The Morgan fingerprint density at radius 3 is 2.35 bits per heavy atom. The number of amides is 3. The van der Waals surface area contributed by atoms with Crippen molar-refractivity contribution in [3.8, 4) is 0 Å². The van der Waals surface area contributed by atoms with Crippen LogP contribution >= 0.6 is 11.8 Å². The maximum atomic E-state index is 11.8. The van der Waals surface area contributed by atoms with Crippen molar-refractivity contribution in [1.29, 1.82) is 0 Å². The van der Waals surface area contributed by atoms with Gasteiger partial charge in [-0.2, -0.15) is 13.2 Å². The van der Waals surface area contributed by atoms with Crippen LogP contribution in [-0.2, 0) is 9.59 Å². The molecule has 0 aliphatic heterocycles. The highest BCUT2D eigenvalue weighted by atomic mass is 32.2. The van der Waals surface area contributed by atoms with E-state index in [1.165, 1.54) is 6.92 Å². The molecule has 3 amide bonds. The van der Waals surface area contributed by atoms with E-state index in [0.717, 1.165) is 0 Å². The maximum absolute atomic E-state index is 11.8. The largest absolute Gasteiger partial charge is 0.481 e. The van der Waals surface area contributed by atoms with Crippen molar-refractivity contribution in [3.63, 3.8) is 0 Å². The van der Waals surface area contributed by atoms with Crippen molar-refractivity contribution in [1.82, 2.24) is 10.6 Å². The van der Waals surface area contributed by atoms with Crippen molar-refractivity contribution >= 4 is 29.7 Å². The Hall–Kier alpha value is -1.45. The van der Waals surface area contributed by atoms with Gasteiger partial charge in [0.15, 0.2) is 0 Å². The molecule has 20 heavy (non-hydrogen) atoms. The van der Waals surface area contributed by atoms with Gasteiger partial charge in [-0.25, -0.2) is 4.79 Å². The van der Waals surface area contributed by atoms with Gasteiger partial charge in [0.05, 0.1) is 0 Å². The van der Waals surface area contributed by atoms with Crippen LogP contribution < -0.4 is 10.6 Å². The fourth-order valence-corrected chi connectivity index (χ4v) is 1.68. The van der Waals surface area contributed by atoms with Gasteiger partial charge in [0.2, 0.25) is 5.91 Å². The Morgan fingerprint density at radius 1 is 1.25 bits per heavy atom. The monoisotopic (exact) mass is 316 g/mol.